The second kappa shape index (κ2) is 2.60. The van der Waals surface area contributed by atoms with Gasteiger partial charge in [0.05, 0.1) is 0 Å². The van der Waals surface area contributed by atoms with Crippen molar-refractivity contribution in [3.05, 3.63) is 23.5 Å². The first-order valence-electron chi connectivity index (χ1n) is 3.46. The second-order valence-electron chi connectivity index (χ2n) is 2.29. The third kappa shape index (κ3) is 0.984. The summed E-state index contributed by atoms with van der Waals surface area (Å²) < 4.78 is 1.83. The van der Waals surface area contributed by atoms with E-state index in [2.05, 4.69) is 10.3 Å². The van der Waals surface area contributed by atoms with E-state index in [9.17, 15) is 4.79 Å². The molecule has 2 aromatic rings. The van der Waals surface area contributed by atoms with Crippen LogP contribution in [0, 0.1) is 0 Å². The molecule has 0 saturated heterocycles. The van der Waals surface area contributed by atoms with Crippen molar-refractivity contribution in [2.45, 2.75) is 0 Å². The van der Waals surface area contributed by atoms with Gasteiger partial charge in [-0.1, -0.05) is 11.3 Å². The highest BCUT2D eigenvalue weighted by atomic mass is 32.1. The Bertz CT molecular complexity index is 388. The highest BCUT2D eigenvalue weighted by molar-refractivity contribution is 7.18. The number of aromatic nitrogens is 2. The Morgan fingerprint density at radius 1 is 1.75 bits per heavy atom. The Morgan fingerprint density at radius 3 is 3.25 bits per heavy atom. The first-order valence-corrected chi connectivity index (χ1v) is 4.27. The van der Waals surface area contributed by atoms with E-state index in [0.29, 0.717) is 4.88 Å². The molecule has 0 radical (unpaired) electrons. The fraction of sp³-hybridized carbons (Fsp3) is 0.143. The molecule has 2 aromatic heterocycles. The van der Waals surface area contributed by atoms with Crippen LogP contribution in [0.5, 0.6) is 0 Å². The zero-order valence-electron chi connectivity index (χ0n) is 6.44. The maximum Gasteiger partial charge on any atom is 0.262 e. The largest absolute Gasteiger partial charge is 0.354 e. The molecule has 5 heteroatoms. The van der Waals surface area contributed by atoms with Gasteiger partial charge in [-0.2, -0.15) is 0 Å². The van der Waals surface area contributed by atoms with Gasteiger partial charge < -0.3 is 5.32 Å². The second-order valence-corrected chi connectivity index (χ2v) is 3.30. The zero-order chi connectivity index (χ0) is 8.55. The van der Waals surface area contributed by atoms with Gasteiger partial charge in [-0.15, -0.1) is 0 Å². The van der Waals surface area contributed by atoms with Crippen LogP contribution in [0.25, 0.3) is 4.96 Å². The molecule has 0 aliphatic carbocycles. The Balaban J connectivity index is 2.51. The van der Waals surface area contributed by atoms with Crippen LogP contribution in [0.15, 0.2) is 18.6 Å². The molecule has 62 valence electrons. The maximum absolute atomic E-state index is 11.1. The first-order chi connectivity index (χ1) is 5.81. The molecule has 2 heterocycles. The number of carbonyl (C=O) groups excluding carboxylic acids is 1. The van der Waals surface area contributed by atoms with Gasteiger partial charge in [0.15, 0.2) is 4.96 Å². The van der Waals surface area contributed by atoms with E-state index in [0.717, 1.165) is 4.96 Å². The smallest absolute Gasteiger partial charge is 0.262 e. The van der Waals surface area contributed by atoms with E-state index >= 15 is 0 Å². The van der Waals surface area contributed by atoms with Gasteiger partial charge >= 0.3 is 0 Å². The summed E-state index contributed by atoms with van der Waals surface area (Å²) in [6.45, 7) is 0. The molecular formula is C7H7N3OS. The molecule has 4 nitrogen and oxygen atoms in total. The standard InChI is InChI=1S/C7H7N3OS/c1-8-6(11)5-4-10-3-2-9-7(10)12-5/h2-4H,1H3,(H,8,11). The van der Waals surface area contributed by atoms with Crippen molar-refractivity contribution in [1.29, 1.82) is 0 Å². The molecule has 0 saturated carbocycles. The third-order valence-electron chi connectivity index (χ3n) is 1.54. The summed E-state index contributed by atoms with van der Waals surface area (Å²) in [5.41, 5.74) is 0. The lowest BCUT2D eigenvalue weighted by atomic mass is 10.5. The third-order valence-corrected chi connectivity index (χ3v) is 2.55. The molecule has 0 atom stereocenters. The van der Waals surface area contributed by atoms with E-state index in [1.807, 2.05) is 10.6 Å². The number of amides is 1. The van der Waals surface area contributed by atoms with Crippen LogP contribution >= 0.6 is 11.3 Å². The van der Waals surface area contributed by atoms with Crippen molar-refractivity contribution in [1.82, 2.24) is 14.7 Å². The number of carbonyl (C=O) groups is 1. The summed E-state index contributed by atoms with van der Waals surface area (Å²) in [5.74, 6) is -0.0644. The lowest BCUT2D eigenvalue weighted by Gasteiger charge is -1.90. The van der Waals surface area contributed by atoms with Crippen LogP contribution in [0.4, 0.5) is 0 Å². The van der Waals surface area contributed by atoms with Crippen molar-refractivity contribution in [3.63, 3.8) is 0 Å². The summed E-state index contributed by atoms with van der Waals surface area (Å²) in [6.07, 6.45) is 5.30. The lowest BCUT2D eigenvalue weighted by Crippen LogP contribution is -2.16. The number of fused-ring (bicyclic) bond motifs is 1. The van der Waals surface area contributed by atoms with Crippen LogP contribution in [0.3, 0.4) is 0 Å². The monoisotopic (exact) mass is 181 g/mol. The SMILES string of the molecule is CNC(=O)c1cn2ccnc2s1. The highest BCUT2D eigenvalue weighted by Gasteiger charge is 2.07. The normalized spacial score (nSPS) is 10.4. The van der Waals surface area contributed by atoms with Gasteiger partial charge in [-0.05, 0) is 0 Å². The van der Waals surface area contributed by atoms with Crippen molar-refractivity contribution in [2.75, 3.05) is 7.05 Å². The van der Waals surface area contributed by atoms with Crippen LogP contribution in [0.2, 0.25) is 0 Å². The molecule has 1 N–H and O–H groups in total. The predicted octanol–water partition coefficient (Wildman–Crippen LogP) is 0.755. The number of hydrogen-bond acceptors (Lipinski definition) is 3. The van der Waals surface area contributed by atoms with Crippen LogP contribution in [-0.2, 0) is 0 Å². The molecular weight excluding hydrogens is 174 g/mol. The minimum atomic E-state index is -0.0644. The van der Waals surface area contributed by atoms with E-state index < -0.39 is 0 Å². The van der Waals surface area contributed by atoms with Gasteiger partial charge in [0.2, 0.25) is 0 Å². The number of thiazole rings is 1. The summed E-state index contributed by atoms with van der Waals surface area (Å²) in [4.78, 5) is 16.7. The first kappa shape index (κ1) is 7.30. The van der Waals surface area contributed by atoms with Crippen molar-refractivity contribution < 1.29 is 4.79 Å². The molecule has 0 fully saturated rings. The Kier molecular flexibility index (Phi) is 1.58. The molecule has 0 aliphatic rings. The number of nitrogens with one attached hydrogen (secondary N) is 1. The number of nitrogens with zero attached hydrogens (tertiary/aromatic N) is 2. The molecule has 0 bridgehead atoms. The fourth-order valence-electron chi connectivity index (χ4n) is 0.956. The van der Waals surface area contributed by atoms with Crippen molar-refractivity contribution in [3.8, 4) is 0 Å². The molecule has 0 spiro atoms. The Hall–Kier alpha value is -1.36. The quantitative estimate of drug-likeness (QED) is 0.705. The highest BCUT2D eigenvalue weighted by Crippen LogP contribution is 2.15. The van der Waals surface area contributed by atoms with Gasteiger partial charge in [0.1, 0.15) is 4.88 Å². The van der Waals surface area contributed by atoms with Gasteiger partial charge in [0.25, 0.3) is 5.91 Å². The van der Waals surface area contributed by atoms with E-state index in [1.165, 1.54) is 11.3 Å². The van der Waals surface area contributed by atoms with E-state index in [4.69, 9.17) is 0 Å². The number of hydrogen-bond donors (Lipinski definition) is 1. The van der Waals surface area contributed by atoms with Gasteiger partial charge in [0, 0.05) is 25.6 Å². The molecule has 2 rings (SSSR count). The summed E-state index contributed by atoms with van der Waals surface area (Å²) in [7, 11) is 1.62. The minimum absolute atomic E-state index is 0.0644. The predicted molar refractivity (Wildman–Crippen MR) is 46.5 cm³/mol. The summed E-state index contributed by atoms with van der Waals surface area (Å²) in [5, 5.41) is 2.56. The Morgan fingerprint density at radius 2 is 2.58 bits per heavy atom. The lowest BCUT2D eigenvalue weighted by molar-refractivity contribution is 0.0967. The number of rotatable bonds is 1. The molecule has 0 unspecified atom stereocenters. The van der Waals surface area contributed by atoms with E-state index in [-0.39, 0.29) is 5.91 Å². The molecule has 0 aromatic carbocycles. The van der Waals surface area contributed by atoms with Gasteiger partial charge in [-0.3, -0.25) is 9.20 Å². The summed E-state index contributed by atoms with van der Waals surface area (Å²) >= 11 is 1.38. The van der Waals surface area contributed by atoms with Crippen LogP contribution < -0.4 is 5.32 Å². The van der Waals surface area contributed by atoms with Crippen LogP contribution in [0.1, 0.15) is 9.67 Å². The molecule has 1 amide bonds. The fourth-order valence-corrected chi connectivity index (χ4v) is 1.85. The maximum atomic E-state index is 11.1. The van der Waals surface area contributed by atoms with E-state index in [1.54, 1.807) is 19.4 Å². The molecule has 0 aliphatic heterocycles. The average Bonchev–Trinajstić information content (AvgIpc) is 2.60. The number of imidazole rings is 1. The average molecular weight is 181 g/mol. The minimum Gasteiger partial charge on any atom is -0.354 e. The van der Waals surface area contributed by atoms with Gasteiger partial charge in [-0.25, -0.2) is 4.98 Å². The zero-order valence-corrected chi connectivity index (χ0v) is 7.26. The Labute approximate surface area is 72.9 Å². The molecule has 12 heavy (non-hydrogen) atoms. The van der Waals surface area contributed by atoms with Crippen molar-refractivity contribution in [2.24, 2.45) is 0 Å². The van der Waals surface area contributed by atoms with Crippen LogP contribution in [-0.4, -0.2) is 22.3 Å². The van der Waals surface area contributed by atoms with Crippen molar-refractivity contribution >= 4 is 22.2 Å². The summed E-state index contributed by atoms with van der Waals surface area (Å²) in [6, 6.07) is 0. The topological polar surface area (TPSA) is 46.4 Å².